The molecule has 14 heavy (non-hydrogen) atoms. The fourth-order valence-corrected chi connectivity index (χ4v) is 2.68. The summed E-state index contributed by atoms with van der Waals surface area (Å²) in [6.45, 7) is 3.80. The first-order valence-corrected chi connectivity index (χ1v) is 7.15. The van der Waals surface area contributed by atoms with Crippen LogP contribution in [0.1, 0.15) is 52.4 Å². The molecule has 0 aromatic carbocycles. The van der Waals surface area contributed by atoms with E-state index < -0.39 is 15.3 Å². The van der Waals surface area contributed by atoms with Crippen molar-refractivity contribution in [1.82, 2.24) is 0 Å². The van der Waals surface area contributed by atoms with E-state index in [1.807, 2.05) is 0 Å². The predicted molar refractivity (Wildman–Crippen MR) is 58.8 cm³/mol. The van der Waals surface area contributed by atoms with Gasteiger partial charge in [0.15, 0.2) is 15.3 Å². The molecule has 0 heterocycles. The number of sulfone groups is 1. The first-order chi connectivity index (χ1) is 6.54. The van der Waals surface area contributed by atoms with E-state index >= 15 is 0 Å². The molecule has 4 heteroatoms. The topological polar surface area (TPSA) is 54.4 Å². The zero-order chi connectivity index (χ0) is 11.0. The van der Waals surface area contributed by atoms with Crippen molar-refractivity contribution in [2.45, 2.75) is 57.8 Å². The van der Waals surface area contributed by atoms with Crippen molar-refractivity contribution in [3.63, 3.8) is 0 Å². The maximum absolute atomic E-state index is 11.3. The van der Waals surface area contributed by atoms with Crippen molar-refractivity contribution in [2.75, 3.05) is 5.75 Å². The third-order valence-corrected chi connectivity index (χ3v) is 4.32. The molecular formula is C10H22O3S. The summed E-state index contributed by atoms with van der Waals surface area (Å²) in [5.41, 5.74) is -1.16. The second-order valence-electron chi connectivity index (χ2n) is 3.64. The summed E-state index contributed by atoms with van der Waals surface area (Å²) in [5, 5.41) is 9.20. The second-order valence-corrected chi connectivity index (χ2v) is 5.92. The lowest BCUT2D eigenvalue weighted by atomic mass is 10.2. The Labute approximate surface area is 87.4 Å². The minimum Gasteiger partial charge on any atom is -0.377 e. The van der Waals surface area contributed by atoms with Gasteiger partial charge in [-0.05, 0) is 12.8 Å². The van der Waals surface area contributed by atoms with Gasteiger partial charge in [0.05, 0.1) is 5.75 Å². The van der Waals surface area contributed by atoms with E-state index in [0.717, 1.165) is 25.7 Å². The van der Waals surface area contributed by atoms with E-state index in [1.165, 1.54) is 0 Å². The molecule has 1 N–H and O–H groups in total. The van der Waals surface area contributed by atoms with Gasteiger partial charge in [-0.1, -0.05) is 39.5 Å². The SMILES string of the molecule is CCCCCCCS(=O)(=O)C(O)CC. The quantitative estimate of drug-likeness (QED) is 0.640. The molecule has 0 aliphatic heterocycles. The van der Waals surface area contributed by atoms with Crippen LogP contribution in [-0.2, 0) is 9.84 Å². The van der Waals surface area contributed by atoms with Crippen LogP contribution in [0.4, 0.5) is 0 Å². The van der Waals surface area contributed by atoms with Gasteiger partial charge in [-0.2, -0.15) is 0 Å². The van der Waals surface area contributed by atoms with E-state index in [1.54, 1.807) is 6.92 Å². The molecule has 0 spiro atoms. The number of hydrogen-bond acceptors (Lipinski definition) is 3. The van der Waals surface area contributed by atoms with Gasteiger partial charge in [-0.15, -0.1) is 0 Å². The third-order valence-electron chi connectivity index (χ3n) is 2.30. The van der Waals surface area contributed by atoms with Crippen LogP contribution >= 0.6 is 0 Å². The summed E-state index contributed by atoms with van der Waals surface area (Å²) in [6.07, 6.45) is 5.33. The summed E-state index contributed by atoms with van der Waals surface area (Å²) in [6, 6.07) is 0. The normalized spacial score (nSPS) is 14.2. The average molecular weight is 222 g/mol. The molecular weight excluding hydrogens is 200 g/mol. The average Bonchev–Trinajstić information content (AvgIpc) is 2.16. The molecule has 0 fully saturated rings. The maximum Gasteiger partial charge on any atom is 0.176 e. The number of hydrogen-bond donors (Lipinski definition) is 1. The molecule has 0 rings (SSSR count). The van der Waals surface area contributed by atoms with Crippen molar-refractivity contribution in [2.24, 2.45) is 0 Å². The molecule has 0 aliphatic carbocycles. The number of aliphatic hydroxyl groups excluding tert-OH is 1. The molecule has 0 aromatic rings. The van der Waals surface area contributed by atoms with Crippen molar-refractivity contribution >= 4 is 9.84 Å². The van der Waals surface area contributed by atoms with Crippen LogP contribution in [0.2, 0.25) is 0 Å². The van der Waals surface area contributed by atoms with Gasteiger partial charge in [0.1, 0.15) is 0 Å². The Morgan fingerprint density at radius 1 is 1.07 bits per heavy atom. The van der Waals surface area contributed by atoms with Crippen molar-refractivity contribution in [3.8, 4) is 0 Å². The van der Waals surface area contributed by atoms with Gasteiger partial charge in [-0.3, -0.25) is 0 Å². The van der Waals surface area contributed by atoms with E-state index in [-0.39, 0.29) is 12.2 Å². The highest BCUT2D eigenvalue weighted by Gasteiger charge is 2.19. The van der Waals surface area contributed by atoms with E-state index in [4.69, 9.17) is 0 Å². The molecule has 86 valence electrons. The van der Waals surface area contributed by atoms with E-state index in [9.17, 15) is 13.5 Å². The van der Waals surface area contributed by atoms with Crippen LogP contribution < -0.4 is 0 Å². The van der Waals surface area contributed by atoms with Crippen LogP contribution in [0, 0.1) is 0 Å². The molecule has 0 radical (unpaired) electrons. The molecule has 3 nitrogen and oxygen atoms in total. The maximum atomic E-state index is 11.3. The van der Waals surface area contributed by atoms with Crippen LogP contribution in [0.25, 0.3) is 0 Å². The van der Waals surface area contributed by atoms with Crippen molar-refractivity contribution < 1.29 is 13.5 Å². The smallest absolute Gasteiger partial charge is 0.176 e. The Morgan fingerprint density at radius 2 is 1.64 bits per heavy atom. The lowest BCUT2D eigenvalue weighted by Gasteiger charge is -2.08. The highest BCUT2D eigenvalue weighted by atomic mass is 32.2. The lowest BCUT2D eigenvalue weighted by Crippen LogP contribution is -2.22. The molecule has 0 amide bonds. The molecule has 1 atom stereocenters. The number of unbranched alkanes of at least 4 members (excludes halogenated alkanes) is 4. The number of aliphatic hydroxyl groups is 1. The van der Waals surface area contributed by atoms with Crippen molar-refractivity contribution in [3.05, 3.63) is 0 Å². The Bertz CT molecular complexity index is 222. The first-order valence-electron chi connectivity index (χ1n) is 5.44. The van der Waals surface area contributed by atoms with E-state index in [2.05, 4.69) is 6.92 Å². The zero-order valence-electron chi connectivity index (χ0n) is 9.20. The molecule has 0 bridgehead atoms. The summed E-state index contributed by atoms with van der Waals surface area (Å²) in [4.78, 5) is 0. The lowest BCUT2D eigenvalue weighted by molar-refractivity contribution is 0.244. The fraction of sp³-hybridized carbons (Fsp3) is 1.00. The molecule has 1 unspecified atom stereocenters. The van der Waals surface area contributed by atoms with E-state index in [0.29, 0.717) is 6.42 Å². The molecule has 0 saturated carbocycles. The van der Waals surface area contributed by atoms with Crippen LogP contribution in [-0.4, -0.2) is 24.7 Å². The van der Waals surface area contributed by atoms with Gasteiger partial charge in [0, 0.05) is 0 Å². The van der Waals surface area contributed by atoms with Gasteiger partial charge in [0.2, 0.25) is 0 Å². The summed E-state index contributed by atoms with van der Waals surface area (Å²) in [5.74, 6) is 0.131. The summed E-state index contributed by atoms with van der Waals surface area (Å²) < 4.78 is 22.7. The van der Waals surface area contributed by atoms with Gasteiger partial charge in [-0.25, -0.2) is 8.42 Å². The zero-order valence-corrected chi connectivity index (χ0v) is 10.0. The number of rotatable bonds is 8. The Kier molecular flexibility index (Phi) is 7.19. The standard InChI is InChI=1S/C10H22O3S/c1-3-5-6-7-8-9-14(12,13)10(11)4-2/h10-11H,3-9H2,1-2H3. The Hall–Kier alpha value is -0.0900. The van der Waals surface area contributed by atoms with Crippen molar-refractivity contribution in [1.29, 1.82) is 0 Å². The van der Waals surface area contributed by atoms with Gasteiger partial charge < -0.3 is 5.11 Å². The molecule has 0 saturated heterocycles. The Balaban J connectivity index is 3.67. The largest absolute Gasteiger partial charge is 0.377 e. The summed E-state index contributed by atoms with van der Waals surface area (Å²) in [7, 11) is -3.24. The highest BCUT2D eigenvalue weighted by Crippen LogP contribution is 2.09. The highest BCUT2D eigenvalue weighted by molar-refractivity contribution is 7.91. The van der Waals surface area contributed by atoms with Crippen LogP contribution in [0.5, 0.6) is 0 Å². The van der Waals surface area contributed by atoms with Crippen LogP contribution in [0.15, 0.2) is 0 Å². The first kappa shape index (κ1) is 13.9. The minimum absolute atomic E-state index is 0.131. The fourth-order valence-electron chi connectivity index (χ4n) is 1.30. The Morgan fingerprint density at radius 3 is 2.14 bits per heavy atom. The van der Waals surface area contributed by atoms with Gasteiger partial charge >= 0.3 is 0 Å². The second kappa shape index (κ2) is 7.23. The monoisotopic (exact) mass is 222 g/mol. The summed E-state index contributed by atoms with van der Waals surface area (Å²) >= 11 is 0. The van der Waals surface area contributed by atoms with Crippen LogP contribution in [0.3, 0.4) is 0 Å². The minimum atomic E-state index is -3.24. The predicted octanol–water partition coefficient (Wildman–Crippen LogP) is 2.10. The third kappa shape index (κ3) is 5.60. The molecule has 0 aliphatic rings. The van der Waals surface area contributed by atoms with Gasteiger partial charge in [0.25, 0.3) is 0 Å². The molecule has 0 aromatic heterocycles.